The van der Waals surface area contributed by atoms with E-state index in [1.807, 2.05) is 51.1 Å². The van der Waals surface area contributed by atoms with Crippen molar-refractivity contribution in [2.75, 3.05) is 23.4 Å². The summed E-state index contributed by atoms with van der Waals surface area (Å²) in [4.78, 5) is 38.5. The van der Waals surface area contributed by atoms with Crippen molar-refractivity contribution in [2.45, 2.75) is 27.2 Å². The molecule has 0 saturated carbocycles. The van der Waals surface area contributed by atoms with Crippen molar-refractivity contribution in [1.82, 2.24) is 0 Å². The van der Waals surface area contributed by atoms with Crippen molar-refractivity contribution in [3.63, 3.8) is 0 Å². The number of nitrogens with zero attached hydrogens (tertiary/aromatic N) is 1. The Morgan fingerprint density at radius 2 is 1.86 bits per heavy atom. The summed E-state index contributed by atoms with van der Waals surface area (Å²) in [7, 11) is 0. The first-order chi connectivity index (χ1) is 13.8. The third-order valence-electron chi connectivity index (χ3n) is 5.21. The number of hydrogen-bond donors (Lipinski definition) is 1. The van der Waals surface area contributed by atoms with Crippen LogP contribution in [0, 0.1) is 26.7 Å². The number of anilines is 2. The van der Waals surface area contributed by atoms with Crippen LogP contribution in [0.25, 0.3) is 0 Å². The summed E-state index contributed by atoms with van der Waals surface area (Å²) < 4.78 is 6.14. The molecule has 1 saturated heterocycles. The highest BCUT2D eigenvalue weighted by Crippen LogP contribution is 2.28. The van der Waals surface area contributed by atoms with Gasteiger partial charge in [-0.3, -0.25) is 14.4 Å². The largest absolute Gasteiger partial charge is 0.455 e. The Morgan fingerprint density at radius 3 is 2.59 bits per heavy atom. The molecular formula is C22H23BrN2O4. The normalized spacial score (nSPS) is 16.1. The number of aryl methyl sites for hydroxylation is 1. The number of nitrogens with one attached hydrogen (secondary N) is 1. The van der Waals surface area contributed by atoms with Gasteiger partial charge in [0.05, 0.1) is 5.92 Å². The summed E-state index contributed by atoms with van der Waals surface area (Å²) >= 11 is 3.45. The van der Waals surface area contributed by atoms with Gasteiger partial charge < -0.3 is 15.0 Å². The van der Waals surface area contributed by atoms with E-state index in [1.165, 1.54) is 0 Å². The van der Waals surface area contributed by atoms with Crippen molar-refractivity contribution in [3.05, 3.63) is 57.6 Å². The molecule has 2 aromatic carbocycles. The molecule has 152 valence electrons. The number of carbonyl (C=O) groups is 3. The predicted octanol–water partition coefficient (Wildman–Crippen LogP) is 3.91. The van der Waals surface area contributed by atoms with Gasteiger partial charge >= 0.3 is 5.97 Å². The molecule has 0 radical (unpaired) electrons. The molecule has 1 atom stereocenters. The molecule has 1 heterocycles. The standard InChI is InChI=1S/C22H23BrN2O4/c1-13-6-4-5-7-19(13)25-11-16(10-21(25)27)22(28)29-12-20(26)24-18-9-8-17(23)14(2)15(18)3/h4-9,16H,10-12H2,1-3H3,(H,24,26)/t16-/m0/s1. The van der Waals surface area contributed by atoms with Gasteiger partial charge in [-0.1, -0.05) is 34.1 Å². The summed E-state index contributed by atoms with van der Waals surface area (Å²) in [6, 6.07) is 11.2. The lowest BCUT2D eigenvalue weighted by atomic mass is 10.1. The highest BCUT2D eigenvalue weighted by molar-refractivity contribution is 9.10. The fourth-order valence-electron chi connectivity index (χ4n) is 3.33. The van der Waals surface area contributed by atoms with Crippen LogP contribution in [0.5, 0.6) is 0 Å². The molecule has 2 amide bonds. The van der Waals surface area contributed by atoms with Crippen molar-refractivity contribution >= 4 is 45.1 Å². The van der Waals surface area contributed by atoms with Gasteiger partial charge in [-0.15, -0.1) is 0 Å². The molecule has 1 N–H and O–H groups in total. The van der Waals surface area contributed by atoms with E-state index in [-0.39, 0.29) is 25.5 Å². The number of esters is 1. The van der Waals surface area contributed by atoms with Gasteiger partial charge in [-0.25, -0.2) is 0 Å². The first kappa shape index (κ1) is 21.0. The second kappa shape index (κ2) is 8.78. The van der Waals surface area contributed by atoms with Gasteiger partial charge in [0, 0.05) is 28.8 Å². The maximum absolute atomic E-state index is 12.4. The minimum Gasteiger partial charge on any atom is -0.455 e. The average Bonchev–Trinajstić information content (AvgIpc) is 3.08. The second-order valence-corrected chi connectivity index (χ2v) is 8.05. The van der Waals surface area contributed by atoms with Crippen molar-refractivity contribution in [3.8, 4) is 0 Å². The number of para-hydroxylation sites is 1. The summed E-state index contributed by atoms with van der Waals surface area (Å²) in [6.45, 7) is 5.65. The maximum Gasteiger partial charge on any atom is 0.311 e. The molecule has 7 heteroatoms. The topological polar surface area (TPSA) is 75.7 Å². The van der Waals surface area contributed by atoms with Crippen molar-refractivity contribution < 1.29 is 19.1 Å². The smallest absolute Gasteiger partial charge is 0.311 e. The van der Waals surface area contributed by atoms with Crippen LogP contribution in [0.4, 0.5) is 11.4 Å². The third kappa shape index (κ3) is 4.67. The fourth-order valence-corrected chi connectivity index (χ4v) is 3.76. The Labute approximate surface area is 178 Å². The Morgan fingerprint density at radius 1 is 1.14 bits per heavy atom. The molecule has 0 aromatic heterocycles. The van der Waals surface area contributed by atoms with Crippen LogP contribution >= 0.6 is 15.9 Å². The number of rotatable bonds is 5. The summed E-state index contributed by atoms with van der Waals surface area (Å²) in [5, 5.41) is 2.76. The molecule has 6 nitrogen and oxygen atoms in total. The Kier molecular flexibility index (Phi) is 6.37. The Bertz CT molecular complexity index is 973. The highest BCUT2D eigenvalue weighted by atomic mass is 79.9. The fraction of sp³-hybridized carbons (Fsp3) is 0.318. The first-order valence-electron chi connectivity index (χ1n) is 9.36. The number of halogens is 1. The van der Waals surface area contributed by atoms with Gasteiger partial charge in [-0.2, -0.15) is 0 Å². The van der Waals surface area contributed by atoms with Crippen LogP contribution in [0.1, 0.15) is 23.1 Å². The van der Waals surface area contributed by atoms with Crippen LogP contribution in [-0.4, -0.2) is 30.9 Å². The van der Waals surface area contributed by atoms with Crippen LogP contribution in [0.15, 0.2) is 40.9 Å². The molecule has 0 aliphatic carbocycles. The Hall–Kier alpha value is -2.67. The molecular weight excluding hydrogens is 436 g/mol. The number of hydrogen-bond acceptors (Lipinski definition) is 4. The van der Waals surface area contributed by atoms with Gasteiger partial charge in [0.25, 0.3) is 5.91 Å². The van der Waals surface area contributed by atoms with E-state index < -0.39 is 17.8 Å². The summed E-state index contributed by atoms with van der Waals surface area (Å²) in [5.41, 5.74) is 4.41. The second-order valence-electron chi connectivity index (χ2n) is 7.19. The number of benzene rings is 2. The van der Waals surface area contributed by atoms with Gasteiger partial charge in [0.1, 0.15) is 0 Å². The quantitative estimate of drug-likeness (QED) is 0.689. The van der Waals surface area contributed by atoms with E-state index in [1.54, 1.807) is 11.0 Å². The van der Waals surface area contributed by atoms with E-state index >= 15 is 0 Å². The molecule has 2 aromatic rings. The van der Waals surface area contributed by atoms with Crippen LogP contribution in [0.3, 0.4) is 0 Å². The zero-order chi connectivity index (χ0) is 21.1. The molecule has 0 spiro atoms. The zero-order valence-corrected chi connectivity index (χ0v) is 18.2. The van der Waals surface area contributed by atoms with Gasteiger partial charge in [-0.05, 0) is 55.7 Å². The first-order valence-corrected chi connectivity index (χ1v) is 10.2. The van der Waals surface area contributed by atoms with Gasteiger partial charge in [0.2, 0.25) is 5.91 Å². The van der Waals surface area contributed by atoms with Crippen LogP contribution in [-0.2, 0) is 19.1 Å². The molecule has 1 aliphatic heterocycles. The average molecular weight is 459 g/mol. The molecule has 0 unspecified atom stereocenters. The van der Waals surface area contributed by atoms with Crippen molar-refractivity contribution in [1.29, 1.82) is 0 Å². The molecule has 29 heavy (non-hydrogen) atoms. The Balaban J connectivity index is 1.56. The lowest BCUT2D eigenvalue weighted by molar-refractivity contribution is -0.151. The molecule has 3 rings (SSSR count). The minimum absolute atomic E-state index is 0.0831. The summed E-state index contributed by atoms with van der Waals surface area (Å²) in [5.74, 6) is -1.64. The molecule has 0 bridgehead atoms. The lowest BCUT2D eigenvalue weighted by Crippen LogP contribution is -2.28. The number of amides is 2. The van der Waals surface area contributed by atoms with Crippen LogP contribution < -0.4 is 10.2 Å². The third-order valence-corrected chi connectivity index (χ3v) is 6.06. The number of carbonyl (C=O) groups excluding carboxylic acids is 3. The number of ether oxygens (including phenoxy) is 1. The van der Waals surface area contributed by atoms with Gasteiger partial charge in [0.15, 0.2) is 6.61 Å². The lowest BCUT2D eigenvalue weighted by Gasteiger charge is -2.18. The van der Waals surface area contributed by atoms with E-state index in [2.05, 4.69) is 21.2 Å². The van der Waals surface area contributed by atoms with E-state index in [0.29, 0.717) is 5.69 Å². The minimum atomic E-state index is -0.577. The SMILES string of the molecule is Cc1ccccc1N1C[C@@H](C(=O)OCC(=O)Nc2ccc(Br)c(C)c2C)CC1=O. The molecule has 1 fully saturated rings. The molecule has 1 aliphatic rings. The monoisotopic (exact) mass is 458 g/mol. The predicted molar refractivity (Wildman–Crippen MR) is 115 cm³/mol. The van der Waals surface area contributed by atoms with Crippen LogP contribution in [0.2, 0.25) is 0 Å². The maximum atomic E-state index is 12.4. The van der Waals surface area contributed by atoms with Crippen molar-refractivity contribution in [2.24, 2.45) is 5.92 Å². The summed E-state index contributed by atoms with van der Waals surface area (Å²) in [6.07, 6.45) is 0.0831. The van der Waals surface area contributed by atoms with E-state index in [4.69, 9.17) is 4.74 Å². The van der Waals surface area contributed by atoms with E-state index in [0.717, 1.165) is 26.9 Å². The zero-order valence-electron chi connectivity index (χ0n) is 16.6. The van der Waals surface area contributed by atoms with E-state index in [9.17, 15) is 14.4 Å². The highest BCUT2D eigenvalue weighted by Gasteiger charge is 2.36.